The summed E-state index contributed by atoms with van der Waals surface area (Å²) >= 11 is 0. The van der Waals surface area contributed by atoms with E-state index in [0.29, 0.717) is 12.1 Å². The first-order valence-corrected chi connectivity index (χ1v) is 8.94. The number of benzene rings is 2. The van der Waals surface area contributed by atoms with Gasteiger partial charge < -0.3 is 10.6 Å². The predicted octanol–water partition coefficient (Wildman–Crippen LogP) is 3.48. The van der Waals surface area contributed by atoms with E-state index in [1.807, 2.05) is 55.5 Å². The summed E-state index contributed by atoms with van der Waals surface area (Å²) in [5.41, 5.74) is 3.43. The molecule has 5 heteroatoms. The molecule has 0 saturated heterocycles. The Labute approximate surface area is 164 Å². The maximum absolute atomic E-state index is 12.7. The van der Waals surface area contributed by atoms with Crippen LogP contribution in [0.5, 0.6) is 0 Å². The summed E-state index contributed by atoms with van der Waals surface area (Å²) in [5, 5.41) is 5.56. The number of amides is 2. The molecule has 28 heavy (non-hydrogen) atoms. The van der Waals surface area contributed by atoms with Crippen LogP contribution in [0.25, 0.3) is 6.08 Å². The van der Waals surface area contributed by atoms with Crippen LogP contribution in [0.15, 0.2) is 84.8 Å². The molecule has 0 unspecified atom stereocenters. The molecule has 0 fully saturated rings. The second-order valence-electron chi connectivity index (χ2n) is 6.33. The fourth-order valence-corrected chi connectivity index (χ4v) is 2.55. The van der Waals surface area contributed by atoms with E-state index in [4.69, 9.17) is 0 Å². The number of carbonyl (C=O) groups excluding carboxylic acids is 2. The number of rotatable bonds is 6. The molecule has 3 aromatic rings. The summed E-state index contributed by atoms with van der Waals surface area (Å²) in [7, 11) is 0. The number of hydrogen-bond acceptors (Lipinski definition) is 3. The van der Waals surface area contributed by atoms with Gasteiger partial charge in [0.25, 0.3) is 11.8 Å². The molecule has 2 aromatic carbocycles. The monoisotopic (exact) mass is 371 g/mol. The molecule has 0 radical (unpaired) electrons. The lowest BCUT2D eigenvalue weighted by Gasteiger charge is -2.11. The second-order valence-corrected chi connectivity index (χ2v) is 6.33. The van der Waals surface area contributed by atoms with Crippen molar-refractivity contribution in [2.24, 2.45) is 0 Å². The Morgan fingerprint density at radius 2 is 1.71 bits per heavy atom. The first kappa shape index (κ1) is 19.0. The van der Waals surface area contributed by atoms with Crippen molar-refractivity contribution in [3.63, 3.8) is 0 Å². The fourth-order valence-electron chi connectivity index (χ4n) is 2.55. The highest BCUT2D eigenvalue weighted by Gasteiger charge is 2.14. The number of pyridine rings is 1. The summed E-state index contributed by atoms with van der Waals surface area (Å²) in [5.74, 6) is -0.702. The summed E-state index contributed by atoms with van der Waals surface area (Å²) in [6.45, 7) is 2.27. The lowest BCUT2D eigenvalue weighted by molar-refractivity contribution is -0.117. The minimum Gasteiger partial charge on any atom is -0.347 e. The van der Waals surface area contributed by atoms with Gasteiger partial charge >= 0.3 is 0 Å². The van der Waals surface area contributed by atoms with Gasteiger partial charge in [-0.1, -0.05) is 54.1 Å². The summed E-state index contributed by atoms with van der Waals surface area (Å²) < 4.78 is 0. The third kappa shape index (κ3) is 5.38. The lowest BCUT2D eigenvalue weighted by Crippen LogP contribution is -2.34. The van der Waals surface area contributed by atoms with Crippen LogP contribution in [0.4, 0.5) is 0 Å². The van der Waals surface area contributed by atoms with Gasteiger partial charge in [-0.3, -0.25) is 14.6 Å². The van der Waals surface area contributed by atoms with E-state index < -0.39 is 0 Å². The highest BCUT2D eigenvalue weighted by molar-refractivity contribution is 6.05. The zero-order chi connectivity index (χ0) is 19.8. The van der Waals surface area contributed by atoms with Crippen LogP contribution in [0.3, 0.4) is 0 Å². The van der Waals surface area contributed by atoms with E-state index in [9.17, 15) is 9.59 Å². The Balaban J connectivity index is 1.78. The van der Waals surface area contributed by atoms with Gasteiger partial charge in [-0.25, -0.2) is 0 Å². The number of nitrogens with one attached hydrogen (secondary N) is 2. The summed E-state index contributed by atoms with van der Waals surface area (Å²) in [6, 6.07) is 20.2. The molecule has 140 valence electrons. The van der Waals surface area contributed by atoms with Gasteiger partial charge in [0.05, 0.1) is 0 Å². The SMILES string of the molecule is Cc1ccc(C(=O)N/C(=C\c2ccccc2)C(=O)NCc2cccnc2)cc1. The minimum absolute atomic E-state index is 0.181. The van der Waals surface area contributed by atoms with Crippen molar-refractivity contribution in [3.8, 4) is 0 Å². The number of aryl methyl sites for hydroxylation is 1. The van der Waals surface area contributed by atoms with Crippen LogP contribution in [0, 0.1) is 6.92 Å². The maximum atomic E-state index is 12.7. The highest BCUT2D eigenvalue weighted by Crippen LogP contribution is 2.08. The minimum atomic E-state index is -0.367. The van der Waals surface area contributed by atoms with Crippen molar-refractivity contribution in [2.45, 2.75) is 13.5 Å². The highest BCUT2D eigenvalue weighted by atomic mass is 16.2. The molecule has 5 nitrogen and oxygen atoms in total. The molecule has 0 bridgehead atoms. The second kappa shape index (κ2) is 9.28. The summed E-state index contributed by atoms with van der Waals surface area (Å²) in [6.07, 6.45) is 5.02. The normalized spacial score (nSPS) is 11.0. The van der Waals surface area contributed by atoms with Gasteiger partial charge in [0.15, 0.2) is 0 Å². The van der Waals surface area contributed by atoms with Crippen molar-refractivity contribution in [1.29, 1.82) is 0 Å². The smallest absolute Gasteiger partial charge is 0.268 e. The molecule has 1 heterocycles. The van der Waals surface area contributed by atoms with E-state index in [2.05, 4.69) is 15.6 Å². The van der Waals surface area contributed by atoms with E-state index in [1.54, 1.807) is 36.7 Å². The van der Waals surface area contributed by atoms with Gasteiger partial charge in [-0.05, 0) is 42.3 Å². The summed E-state index contributed by atoms with van der Waals surface area (Å²) in [4.78, 5) is 29.4. The van der Waals surface area contributed by atoms with E-state index in [1.165, 1.54) is 0 Å². The van der Waals surface area contributed by atoms with E-state index >= 15 is 0 Å². The van der Waals surface area contributed by atoms with Gasteiger partial charge in [0.2, 0.25) is 0 Å². The molecule has 3 rings (SSSR count). The quantitative estimate of drug-likeness (QED) is 0.652. The van der Waals surface area contributed by atoms with Crippen molar-refractivity contribution < 1.29 is 9.59 Å². The van der Waals surface area contributed by atoms with Gasteiger partial charge in [-0.2, -0.15) is 0 Å². The molecule has 0 aliphatic carbocycles. The van der Waals surface area contributed by atoms with E-state index in [0.717, 1.165) is 16.7 Å². The zero-order valence-electron chi connectivity index (χ0n) is 15.6. The molecule has 0 aliphatic heterocycles. The average Bonchev–Trinajstić information content (AvgIpc) is 2.73. The first-order valence-electron chi connectivity index (χ1n) is 8.94. The molecular weight excluding hydrogens is 350 g/mol. The Hall–Kier alpha value is -3.73. The number of nitrogens with zero attached hydrogens (tertiary/aromatic N) is 1. The Kier molecular flexibility index (Phi) is 6.31. The zero-order valence-corrected chi connectivity index (χ0v) is 15.6. The maximum Gasteiger partial charge on any atom is 0.268 e. The molecule has 0 aliphatic rings. The van der Waals surface area contributed by atoms with Crippen LogP contribution in [-0.2, 0) is 11.3 Å². The predicted molar refractivity (Wildman–Crippen MR) is 109 cm³/mol. The third-order valence-electron chi connectivity index (χ3n) is 4.09. The van der Waals surface area contributed by atoms with Gasteiger partial charge in [0, 0.05) is 24.5 Å². The third-order valence-corrected chi connectivity index (χ3v) is 4.09. The van der Waals surface area contributed by atoms with Crippen LogP contribution >= 0.6 is 0 Å². The van der Waals surface area contributed by atoms with Gasteiger partial charge in [0.1, 0.15) is 5.70 Å². The van der Waals surface area contributed by atoms with Crippen molar-refractivity contribution in [3.05, 3.63) is 107 Å². The Bertz CT molecular complexity index is 966. The van der Waals surface area contributed by atoms with Gasteiger partial charge in [-0.15, -0.1) is 0 Å². The fraction of sp³-hybridized carbons (Fsp3) is 0.0870. The molecule has 0 saturated carbocycles. The number of carbonyl (C=O) groups is 2. The molecule has 0 atom stereocenters. The van der Waals surface area contributed by atoms with Crippen molar-refractivity contribution in [2.75, 3.05) is 0 Å². The van der Waals surface area contributed by atoms with Crippen LogP contribution in [0.1, 0.15) is 27.0 Å². The number of hydrogen-bond donors (Lipinski definition) is 2. The van der Waals surface area contributed by atoms with Crippen LogP contribution in [0.2, 0.25) is 0 Å². The molecule has 2 amide bonds. The first-order chi connectivity index (χ1) is 13.6. The molecule has 1 aromatic heterocycles. The lowest BCUT2D eigenvalue weighted by atomic mass is 10.1. The topological polar surface area (TPSA) is 71.1 Å². The van der Waals surface area contributed by atoms with Crippen LogP contribution in [-0.4, -0.2) is 16.8 Å². The standard InChI is InChI=1S/C23H21N3O2/c1-17-9-11-20(12-10-17)22(27)26-21(14-18-6-3-2-4-7-18)23(28)25-16-19-8-5-13-24-15-19/h2-15H,16H2,1H3,(H,25,28)(H,26,27)/b21-14-. The van der Waals surface area contributed by atoms with Crippen molar-refractivity contribution >= 4 is 17.9 Å². The number of aromatic nitrogens is 1. The Morgan fingerprint density at radius 1 is 0.964 bits per heavy atom. The molecule has 0 spiro atoms. The largest absolute Gasteiger partial charge is 0.347 e. The van der Waals surface area contributed by atoms with Crippen LogP contribution < -0.4 is 10.6 Å². The van der Waals surface area contributed by atoms with E-state index in [-0.39, 0.29) is 17.5 Å². The molecule has 2 N–H and O–H groups in total. The Morgan fingerprint density at radius 3 is 2.39 bits per heavy atom. The average molecular weight is 371 g/mol. The van der Waals surface area contributed by atoms with Crippen molar-refractivity contribution in [1.82, 2.24) is 15.6 Å². The molecular formula is C23H21N3O2.